The van der Waals surface area contributed by atoms with Crippen LogP contribution in [0.3, 0.4) is 0 Å². The minimum Gasteiger partial charge on any atom is -0.296 e. The van der Waals surface area contributed by atoms with Crippen molar-refractivity contribution in [3.63, 3.8) is 0 Å². The highest BCUT2D eigenvalue weighted by Gasteiger charge is 2.14. The minimum atomic E-state index is -0.525. The topological polar surface area (TPSA) is 76.7 Å². The van der Waals surface area contributed by atoms with E-state index >= 15 is 0 Å². The fraction of sp³-hybridized carbons (Fsp3) is 0.312. The Hall–Kier alpha value is -2.70. The van der Waals surface area contributed by atoms with Crippen LogP contribution in [0.25, 0.3) is 0 Å². The molecule has 2 heterocycles. The molecular formula is C16H17FN4O2. The van der Waals surface area contributed by atoms with E-state index in [1.165, 1.54) is 16.7 Å². The summed E-state index contributed by atoms with van der Waals surface area (Å²) in [5, 5.41) is 11.0. The highest BCUT2D eigenvalue weighted by molar-refractivity contribution is 5.20. The molecular weight excluding hydrogens is 299 g/mol. The summed E-state index contributed by atoms with van der Waals surface area (Å²) < 4.78 is 19.2. The average Bonchev–Trinajstić information content (AvgIpc) is 3.12. The number of aromatic amines is 1. The second-order valence-corrected chi connectivity index (χ2v) is 5.73. The third-order valence-corrected chi connectivity index (χ3v) is 3.61. The molecule has 0 bridgehead atoms. The van der Waals surface area contributed by atoms with Gasteiger partial charge in [0.05, 0.1) is 17.9 Å². The Morgan fingerprint density at radius 2 is 2.04 bits per heavy atom. The van der Waals surface area contributed by atoms with E-state index in [4.69, 9.17) is 4.52 Å². The van der Waals surface area contributed by atoms with E-state index in [0.717, 1.165) is 17.0 Å². The molecule has 0 saturated heterocycles. The van der Waals surface area contributed by atoms with E-state index in [1.54, 1.807) is 12.1 Å². The van der Waals surface area contributed by atoms with Crippen LogP contribution < -0.4 is 5.76 Å². The normalized spacial score (nSPS) is 11.3. The van der Waals surface area contributed by atoms with Crippen LogP contribution in [-0.2, 0) is 13.0 Å². The number of benzene rings is 1. The highest BCUT2D eigenvalue weighted by Crippen LogP contribution is 2.13. The lowest BCUT2D eigenvalue weighted by Gasteiger charge is -2.03. The van der Waals surface area contributed by atoms with E-state index in [9.17, 15) is 9.18 Å². The Bertz CT molecular complexity index is 846. The highest BCUT2D eigenvalue weighted by atomic mass is 19.1. The van der Waals surface area contributed by atoms with Crippen LogP contribution in [-0.4, -0.2) is 19.9 Å². The lowest BCUT2D eigenvalue weighted by Crippen LogP contribution is -2.18. The molecule has 0 aliphatic carbocycles. The number of H-pyrrole nitrogens is 1. The molecule has 0 radical (unpaired) electrons. The first-order chi connectivity index (χ1) is 11.0. The molecule has 0 amide bonds. The zero-order valence-electron chi connectivity index (χ0n) is 12.9. The lowest BCUT2D eigenvalue weighted by atomic mass is 10.1. The van der Waals surface area contributed by atoms with Crippen molar-refractivity contribution in [2.24, 2.45) is 0 Å². The number of hydrogen-bond acceptors (Lipinski definition) is 4. The van der Waals surface area contributed by atoms with Crippen LogP contribution in [0, 0.1) is 5.82 Å². The molecule has 0 aliphatic rings. The number of nitrogens with zero attached hydrogens (tertiary/aromatic N) is 3. The van der Waals surface area contributed by atoms with Gasteiger partial charge in [-0.25, -0.2) is 9.18 Å². The van der Waals surface area contributed by atoms with E-state index in [-0.39, 0.29) is 5.82 Å². The van der Waals surface area contributed by atoms with Gasteiger partial charge in [0.1, 0.15) is 5.82 Å². The Labute approximate surface area is 131 Å². The Morgan fingerprint density at radius 1 is 1.30 bits per heavy atom. The molecule has 3 aromatic rings. The quantitative estimate of drug-likeness (QED) is 0.784. The first-order valence-corrected chi connectivity index (χ1v) is 7.37. The smallest absolute Gasteiger partial charge is 0.296 e. The second-order valence-electron chi connectivity index (χ2n) is 5.73. The molecule has 6 nitrogen and oxygen atoms in total. The molecule has 1 aromatic carbocycles. The van der Waals surface area contributed by atoms with E-state index in [2.05, 4.69) is 15.4 Å². The van der Waals surface area contributed by atoms with E-state index in [1.807, 2.05) is 19.9 Å². The van der Waals surface area contributed by atoms with Crippen LogP contribution in [0.1, 0.15) is 42.5 Å². The summed E-state index contributed by atoms with van der Waals surface area (Å²) in [6.07, 6.45) is 0.386. The summed E-state index contributed by atoms with van der Waals surface area (Å²) in [5.74, 6) is -0.0343. The summed E-state index contributed by atoms with van der Waals surface area (Å²) in [7, 11) is 0. The van der Waals surface area contributed by atoms with Gasteiger partial charge in [-0.2, -0.15) is 5.10 Å². The third-order valence-electron chi connectivity index (χ3n) is 3.61. The van der Waals surface area contributed by atoms with Gasteiger partial charge in [0.2, 0.25) is 0 Å². The molecule has 0 unspecified atom stereocenters. The fourth-order valence-corrected chi connectivity index (χ4v) is 2.29. The predicted molar refractivity (Wildman–Crippen MR) is 81.7 cm³/mol. The van der Waals surface area contributed by atoms with Gasteiger partial charge in [-0.05, 0) is 29.7 Å². The van der Waals surface area contributed by atoms with Crippen LogP contribution in [0.5, 0.6) is 0 Å². The van der Waals surface area contributed by atoms with Crippen molar-refractivity contribution in [1.82, 2.24) is 19.9 Å². The standard InChI is InChI=1S/C16H17FN4O2/c1-10(2)14-8-13(18-19-14)9-21-15(20-23-16(21)22)7-11-3-5-12(17)6-4-11/h3-6,8,10H,7,9H2,1-2H3,(H,18,19). The maximum atomic E-state index is 13.0. The van der Waals surface area contributed by atoms with Crippen molar-refractivity contribution in [2.75, 3.05) is 0 Å². The van der Waals surface area contributed by atoms with Crippen LogP contribution in [0.15, 0.2) is 39.6 Å². The number of hydrogen-bond donors (Lipinski definition) is 1. The van der Waals surface area contributed by atoms with Gasteiger partial charge in [-0.1, -0.05) is 31.1 Å². The zero-order valence-corrected chi connectivity index (χ0v) is 12.9. The fourth-order valence-electron chi connectivity index (χ4n) is 2.29. The summed E-state index contributed by atoms with van der Waals surface area (Å²) >= 11 is 0. The molecule has 0 atom stereocenters. The Balaban J connectivity index is 1.83. The summed E-state index contributed by atoms with van der Waals surface area (Å²) in [6.45, 7) is 4.40. The zero-order chi connectivity index (χ0) is 16.4. The molecule has 2 aromatic heterocycles. The van der Waals surface area contributed by atoms with Gasteiger partial charge in [0.25, 0.3) is 0 Å². The number of aromatic nitrogens is 4. The molecule has 7 heteroatoms. The molecule has 0 spiro atoms. The monoisotopic (exact) mass is 316 g/mol. The van der Waals surface area contributed by atoms with Crippen molar-refractivity contribution in [1.29, 1.82) is 0 Å². The SMILES string of the molecule is CC(C)c1cc(Cn2c(Cc3ccc(F)cc3)noc2=O)[nH]n1. The number of rotatable bonds is 5. The summed E-state index contributed by atoms with van der Waals surface area (Å²) in [5.41, 5.74) is 2.59. The maximum Gasteiger partial charge on any atom is 0.441 e. The molecule has 0 fully saturated rings. The van der Waals surface area contributed by atoms with Gasteiger partial charge >= 0.3 is 5.76 Å². The summed E-state index contributed by atoms with van der Waals surface area (Å²) in [4.78, 5) is 11.9. The van der Waals surface area contributed by atoms with Crippen LogP contribution in [0.2, 0.25) is 0 Å². The minimum absolute atomic E-state index is 0.301. The van der Waals surface area contributed by atoms with Gasteiger partial charge in [-0.15, -0.1) is 0 Å². The van der Waals surface area contributed by atoms with Gasteiger partial charge in [-0.3, -0.25) is 14.2 Å². The number of halogens is 1. The molecule has 0 saturated carbocycles. The second kappa shape index (κ2) is 6.20. The Kier molecular flexibility index (Phi) is 4.10. The Morgan fingerprint density at radius 3 is 2.70 bits per heavy atom. The average molecular weight is 316 g/mol. The molecule has 120 valence electrons. The maximum absolute atomic E-state index is 13.0. The van der Waals surface area contributed by atoms with Crippen LogP contribution >= 0.6 is 0 Å². The third kappa shape index (κ3) is 3.39. The first kappa shape index (κ1) is 15.2. The largest absolute Gasteiger partial charge is 0.441 e. The first-order valence-electron chi connectivity index (χ1n) is 7.37. The van der Waals surface area contributed by atoms with Crippen molar-refractivity contribution in [3.05, 3.63) is 69.5 Å². The van der Waals surface area contributed by atoms with E-state index < -0.39 is 5.76 Å². The van der Waals surface area contributed by atoms with Crippen molar-refractivity contribution in [2.45, 2.75) is 32.7 Å². The lowest BCUT2D eigenvalue weighted by molar-refractivity contribution is 0.375. The molecule has 3 rings (SSSR count). The van der Waals surface area contributed by atoms with Crippen molar-refractivity contribution >= 4 is 0 Å². The predicted octanol–water partition coefficient (Wildman–Crippen LogP) is 2.46. The molecule has 1 N–H and O–H groups in total. The van der Waals surface area contributed by atoms with Gasteiger partial charge in [0, 0.05) is 6.42 Å². The van der Waals surface area contributed by atoms with Crippen molar-refractivity contribution in [3.8, 4) is 0 Å². The van der Waals surface area contributed by atoms with Gasteiger partial charge < -0.3 is 0 Å². The van der Waals surface area contributed by atoms with Crippen LogP contribution in [0.4, 0.5) is 4.39 Å². The van der Waals surface area contributed by atoms with E-state index in [0.29, 0.717) is 24.7 Å². The molecule has 23 heavy (non-hydrogen) atoms. The molecule has 0 aliphatic heterocycles. The van der Waals surface area contributed by atoms with Gasteiger partial charge in [0.15, 0.2) is 5.82 Å². The summed E-state index contributed by atoms with van der Waals surface area (Å²) in [6, 6.07) is 7.99. The van der Waals surface area contributed by atoms with Crippen molar-refractivity contribution < 1.29 is 8.91 Å². The number of nitrogens with one attached hydrogen (secondary N) is 1.